The first-order valence-corrected chi connectivity index (χ1v) is 11.4. The normalized spacial score (nSPS) is 11.4. The molecular formula is C24H33FN2O3S. The zero-order valence-corrected chi connectivity index (χ0v) is 19.7. The molecule has 2 aromatic rings. The minimum Gasteiger partial charge on any atom is -0.385 e. The van der Waals surface area contributed by atoms with Crippen LogP contribution in [0.1, 0.15) is 44.1 Å². The van der Waals surface area contributed by atoms with Crippen LogP contribution in [0, 0.1) is 11.2 Å². The van der Waals surface area contributed by atoms with E-state index in [1.54, 1.807) is 40.4 Å². The molecule has 0 saturated carbocycles. The molecular weight excluding hydrogens is 415 g/mol. The Kier molecular flexibility index (Phi) is 9.65. The van der Waals surface area contributed by atoms with Crippen molar-refractivity contribution in [1.29, 1.82) is 0 Å². The molecule has 0 bridgehead atoms. The number of ether oxygens (including phenoxy) is 1. The number of carbonyl (C=O) groups is 2. The van der Waals surface area contributed by atoms with E-state index in [2.05, 4.69) is 0 Å². The van der Waals surface area contributed by atoms with E-state index in [4.69, 9.17) is 4.74 Å². The van der Waals surface area contributed by atoms with Crippen LogP contribution < -0.4 is 0 Å². The van der Waals surface area contributed by atoms with Crippen molar-refractivity contribution in [3.63, 3.8) is 0 Å². The first-order valence-electron chi connectivity index (χ1n) is 10.5. The lowest BCUT2D eigenvalue weighted by molar-refractivity contribution is -0.142. The summed E-state index contributed by atoms with van der Waals surface area (Å²) >= 11 is 1.58. The summed E-state index contributed by atoms with van der Waals surface area (Å²) in [5.41, 5.74) is 0.683. The summed E-state index contributed by atoms with van der Waals surface area (Å²) in [4.78, 5) is 30.6. The van der Waals surface area contributed by atoms with Gasteiger partial charge in [0.2, 0.25) is 11.8 Å². The van der Waals surface area contributed by atoms with Gasteiger partial charge < -0.3 is 14.5 Å². The zero-order chi connectivity index (χ0) is 22.9. The zero-order valence-electron chi connectivity index (χ0n) is 18.9. The van der Waals surface area contributed by atoms with Gasteiger partial charge in [-0.25, -0.2) is 4.39 Å². The molecule has 0 atom stereocenters. The number of halogens is 1. The second-order valence-corrected chi connectivity index (χ2v) is 9.89. The first kappa shape index (κ1) is 25.0. The van der Waals surface area contributed by atoms with E-state index in [-0.39, 0.29) is 29.6 Å². The molecule has 170 valence electrons. The Labute approximate surface area is 188 Å². The molecule has 2 rings (SSSR count). The second kappa shape index (κ2) is 12.0. The highest BCUT2D eigenvalue weighted by atomic mass is 32.1. The second-order valence-electron chi connectivity index (χ2n) is 8.85. The minimum absolute atomic E-state index is 0.0190. The molecule has 1 aromatic heterocycles. The van der Waals surface area contributed by atoms with E-state index in [0.717, 1.165) is 10.4 Å². The summed E-state index contributed by atoms with van der Waals surface area (Å²) in [6.45, 7) is 7.86. The van der Waals surface area contributed by atoms with E-state index in [9.17, 15) is 14.0 Å². The summed E-state index contributed by atoms with van der Waals surface area (Å²) in [6, 6.07) is 10.1. The number of methoxy groups -OCH3 is 1. The Balaban J connectivity index is 2.15. The molecule has 1 aromatic carbocycles. The monoisotopic (exact) mass is 448 g/mol. The average Bonchev–Trinajstić information content (AvgIpc) is 3.20. The van der Waals surface area contributed by atoms with Gasteiger partial charge in [-0.05, 0) is 41.0 Å². The Morgan fingerprint density at radius 3 is 2.32 bits per heavy atom. The molecule has 1 heterocycles. The minimum atomic E-state index is -0.308. The number of carbonyl (C=O) groups excluding carboxylic acids is 2. The van der Waals surface area contributed by atoms with Crippen LogP contribution in [0.4, 0.5) is 4.39 Å². The SMILES string of the molecule is COCCCN(CC(=O)N(Cc1ccc(F)cc1)Cc1cccs1)C(=O)CC(C)(C)C. The van der Waals surface area contributed by atoms with E-state index in [0.29, 0.717) is 39.1 Å². The van der Waals surface area contributed by atoms with Gasteiger partial charge in [0.25, 0.3) is 0 Å². The van der Waals surface area contributed by atoms with Gasteiger partial charge in [0, 0.05) is 38.1 Å². The third-order valence-corrected chi connectivity index (χ3v) is 5.56. The van der Waals surface area contributed by atoms with Gasteiger partial charge in [-0.2, -0.15) is 0 Å². The van der Waals surface area contributed by atoms with Gasteiger partial charge in [-0.15, -0.1) is 11.3 Å². The molecule has 0 aliphatic heterocycles. The number of nitrogens with zero attached hydrogens (tertiary/aromatic N) is 2. The van der Waals surface area contributed by atoms with Gasteiger partial charge in [-0.1, -0.05) is 39.0 Å². The Bertz CT molecular complexity index is 816. The fourth-order valence-electron chi connectivity index (χ4n) is 3.15. The molecule has 7 heteroatoms. The van der Waals surface area contributed by atoms with Crippen LogP contribution in [0.2, 0.25) is 0 Å². The maximum Gasteiger partial charge on any atom is 0.242 e. The molecule has 5 nitrogen and oxygen atoms in total. The van der Waals surface area contributed by atoms with Gasteiger partial charge >= 0.3 is 0 Å². The summed E-state index contributed by atoms with van der Waals surface area (Å²) in [6.07, 6.45) is 1.04. The highest BCUT2D eigenvalue weighted by Gasteiger charge is 2.25. The van der Waals surface area contributed by atoms with Crippen LogP contribution in [0.15, 0.2) is 41.8 Å². The van der Waals surface area contributed by atoms with Crippen molar-refractivity contribution in [3.05, 3.63) is 58.0 Å². The predicted molar refractivity (Wildman–Crippen MR) is 122 cm³/mol. The third-order valence-electron chi connectivity index (χ3n) is 4.70. The van der Waals surface area contributed by atoms with E-state index < -0.39 is 0 Å². The van der Waals surface area contributed by atoms with Crippen molar-refractivity contribution in [1.82, 2.24) is 9.80 Å². The van der Waals surface area contributed by atoms with Crippen LogP contribution in [0.3, 0.4) is 0 Å². The summed E-state index contributed by atoms with van der Waals surface area (Å²) in [7, 11) is 1.62. The smallest absolute Gasteiger partial charge is 0.242 e. The number of hydrogen-bond acceptors (Lipinski definition) is 4. The van der Waals surface area contributed by atoms with Crippen molar-refractivity contribution in [2.75, 3.05) is 26.8 Å². The number of thiophene rings is 1. The highest BCUT2D eigenvalue weighted by molar-refractivity contribution is 7.09. The largest absolute Gasteiger partial charge is 0.385 e. The van der Waals surface area contributed by atoms with Crippen molar-refractivity contribution in [2.24, 2.45) is 5.41 Å². The fraction of sp³-hybridized carbons (Fsp3) is 0.500. The van der Waals surface area contributed by atoms with Crippen molar-refractivity contribution >= 4 is 23.2 Å². The van der Waals surface area contributed by atoms with Crippen LogP contribution in [-0.4, -0.2) is 48.4 Å². The van der Waals surface area contributed by atoms with Crippen molar-refractivity contribution < 1.29 is 18.7 Å². The molecule has 0 aliphatic rings. The molecule has 0 unspecified atom stereocenters. The lowest BCUT2D eigenvalue weighted by atomic mass is 9.91. The standard InChI is InChI=1S/C24H33FN2O3S/c1-24(2,3)15-22(28)26(12-6-13-30-4)18-23(29)27(17-21-7-5-14-31-21)16-19-8-10-20(25)11-9-19/h5,7-11,14H,6,12-13,15-18H2,1-4H3. The number of hydrogen-bond donors (Lipinski definition) is 0. The summed E-state index contributed by atoms with van der Waals surface area (Å²) in [5.74, 6) is -0.468. The first-order chi connectivity index (χ1) is 14.7. The topological polar surface area (TPSA) is 49.9 Å². The Hall–Kier alpha value is -2.25. The molecule has 0 spiro atoms. The van der Waals surface area contributed by atoms with Crippen molar-refractivity contribution in [2.45, 2.75) is 46.7 Å². The third kappa shape index (κ3) is 9.19. The van der Waals surface area contributed by atoms with Gasteiger partial charge in [0.1, 0.15) is 5.82 Å². The highest BCUT2D eigenvalue weighted by Crippen LogP contribution is 2.21. The van der Waals surface area contributed by atoms with Crippen LogP contribution in [0.25, 0.3) is 0 Å². The molecule has 0 fully saturated rings. The van der Waals surface area contributed by atoms with Crippen LogP contribution in [0.5, 0.6) is 0 Å². The Morgan fingerprint density at radius 1 is 1.03 bits per heavy atom. The lowest BCUT2D eigenvalue weighted by Gasteiger charge is -2.29. The number of rotatable bonds is 11. The van der Waals surface area contributed by atoms with Crippen LogP contribution in [-0.2, 0) is 27.4 Å². The average molecular weight is 449 g/mol. The molecule has 0 aliphatic carbocycles. The molecule has 31 heavy (non-hydrogen) atoms. The fourth-order valence-corrected chi connectivity index (χ4v) is 3.87. The molecule has 2 amide bonds. The molecule has 0 radical (unpaired) electrons. The predicted octanol–water partition coefficient (Wildman–Crippen LogP) is 4.72. The number of amides is 2. The summed E-state index contributed by atoms with van der Waals surface area (Å²) < 4.78 is 18.4. The Morgan fingerprint density at radius 2 is 1.74 bits per heavy atom. The van der Waals surface area contributed by atoms with E-state index in [1.165, 1.54) is 12.1 Å². The van der Waals surface area contributed by atoms with Crippen molar-refractivity contribution in [3.8, 4) is 0 Å². The van der Waals surface area contributed by atoms with Gasteiger partial charge in [0.15, 0.2) is 0 Å². The van der Waals surface area contributed by atoms with Crippen LogP contribution >= 0.6 is 11.3 Å². The van der Waals surface area contributed by atoms with E-state index in [1.807, 2.05) is 38.3 Å². The number of benzene rings is 1. The summed E-state index contributed by atoms with van der Waals surface area (Å²) in [5, 5.41) is 1.97. The van der Waals surface area contributed by atoms with Gasteiger partial charge in [0.05, 0.1) is 13.1 Å². The maximum atomic E-state index is 13.3. The lowest BCUT2D eigenvalue weighted by Crippen LogP contribution is -2.43. The maximum absolute atomic E-state index is 13.3. The van der Waals surface area contributed by atoms with E-state index >= 15 is 0 Å². The molecule has 0 saturated heterocycles. The quantitative estimate of drug-likeness (QED) is 0.468. The van der Waals surface area contributed by atoms with Gasteiger partial charge in [-0.3, -0.25) is 9.59 Å². The molecule has 0 N–H and O–H groups in total.